The average Bonchev–Trinajstić information content (AvgIpc) is 3.40. The zero-order chi connectivity index (χ0) is 18.1. The smallest absolute Gasteiger partial charge is 0.309 e. The maximum Gasteiger partial charge on any atom is 0.309 e. The summed E-state index contributed by atoms with van der Waals surface area (Å²) in [6.45, 7) is 3.38. The summed E-state index contributed by atoms with van der Waals surface area (Å²) in [6.07, 6.45) is 6.60. The molecule has 2 aromatic rings. The molecule has 0 bridgehead atoms. The molecule has 0 unspecified atom stereocenters. The molecule has 0 N–H and O–H groups in total. The minimum atomic E-state index is -0.143. The minimum Gasteiger partial charge on any atom is -0.466 e. The molecule has 138 valence electrons. The van der Waals surface area contributed by atoms with Crippen molar-refractivity contribution in [3.63, 3.8) is 0 Å². The van der Waals surface area contributed by atoms with Gasteiger partial charge in [0.05, 0.1) is 18.1 Å². The molecule has 4 rings (SSSR count). The Labute approximate surface area is 152 Å². The first kappa shape index (κ1) is 17.0. The van der Waals surface area contributed by atoms with Crippen molar-refractivity contribution in [3.8, 4) is 0 Å². The van der Waals surface area contributed by atoms with E-state index in [-0.39, 0.29) is 17.8 Å². The molecule has 1 amide bonds. The van der Waals surface area contributed by atoms with E-state index in [0.717, 1.165) is 17.9 Å². The number of hydrogen-bond donors (Lipinski definition) is 0. The van der Waals surface area contributed by atoms with Crippen molar-refractivity contribution < 1.29 is 14.3 Å². The second-order valence-electron chi connectivity index (χ2n) is 7.23. The lowest BCUT2D eigenvalue weighted by atomic mass is 9.96. The fourth-order valence-electron chi connectivity index (χ4n) is 3.55. The predicted molar refractivity (Wildman–Crippen MR) is 94.7 cm³/mol. The monoisotopic (exact) mass is 356 g/mol. The third kappa shape index (κ3) is 3.43. The standard InChI is InChI=1S/C19H24N4O3/c1-2-26-19(25)14-7-9-22(10-8-14)18(24)15-5-6-16-20-21-17(23(16)12-15)11-13-3-4-13/h5-6,12-14H,2-4,7-11H2,1H3. The number of likely N-dealkylation sites (tertiary alicyclic amines) is 1. The van der Waals surface area contributed by atoms with Gasteiger partial charge in [-0.2, -0.15) is 0 Å². The fourth-order valence-corrected chi connectivity index (χ4v) is 3.55. The van der Waals surface area contributed by atoms with Gasteiger partial charge in [-0.15, -0.1) is 10.2 Å². The lowest BCUT2D eigenvalue weighted by molar-refractivity contribution is -0.149. The van der Waals surface area contributed by atoms with Gasteiger partial charge in [-0.3, -0.25) is 14.0 Å². The van der Waals surface area contributed by atoms with E-state index in [9.17, 15) is 9.59 Å². The number of esters is 1. The highest BCUT2D eigenvalue weighted by Gasteiger charge is 2.29. The van der Waals surface area contributed by atoms with Gasteiger partial charge in [0.25, 0.3) is 5.91 Å². The van der Waals surface area contributed by atoms with Gasteiger partial charge in [0.1, 0.15) is 5.82 Å². The van der Waals surface area contributed by atoms with Gasteiger partial charge in [-0.05, 0) is 50.7 Å². The van der Waals surface area contributed by atoms with E-state index in [2.05, 4.69) is 10.2 Å². The number of ether oxygens (including phenoxy) is 1. The normalized spacial score (nSPS) is 18.3. The lowest BCUT2D eigenvalue weighted by Crippen LogP contribution is -2.40. The Hall–Kier alpha value is -2.44. The number of fused-ring (bicyclic) bond motifs is 1. The first-order chi connectivity index (χ1) is 12.7. The molecule has 0 radical (unpaired) electrons. The minimum absolute atomic E-state index is 0.000260. The van der Waals surface area contributed by atoms with Gasteiger partial charge in [0.15, 0.2) is 5.65 Å². The Bertz CT molecular complexity index is 819. The molecule has 0 spiro atoms. The molecule has 7 nitrogen and oxygen atoms in total. The second kappa shape index (κ2) is 7.05. The first-order valence-corrected chi connectivity index (χ1v) is 9.45. The maximum absolute atomic E-state index is 12.9. The average molecular weight is 356 g/mol. The number of carbonyl (C=O) groups excluding carboxylic acids is 2. The van der Waals surface area contributed by atoms with Gasteiger partial charge in [-0.1, -0.05) is 0 Å². The van der Waals surface area contributed by atoms with E-state index < -0.39 is 0 Å². The van der Waals surface area contributed by atoms with Crippen molar-refractivity contribution in [2.45, 2.75) is 39.0 Å². The van der Waals surface area contributed by atoms with Crippen LogP contribution in [-0.2, 0) is 16.0 Å². The Kier molecular flexibility index (Phi) is 4.61. The number of rotatable bonds is 5. The molecule has 2 aliphatic rings. The number of carbonyl (C=O) groups is 2. The number of nitrogens with zero attached hydrogens (tertiary/aromatic N) is 4. The molecule has 1 aliphatic carbocycles. The van der Waals surface area contributed by atoms with E-state index in [1.807, 2.05) is 34.6 Å². The van der Waals surface area contributed by atoms with Crippen LogP contribution < -0.4 is 0 Å². The SMILES string of the molecule is CCOC(=O)C1CCN(C(=O)c2ccc3nnc(CC4CC4)n3c2)CC1. The predicted octanol–water partition coefficient (Wildman–Crippen LogP) is 2.10. The Morgan fingerprint density at radius 1 is 1.15 bits per heavy atom. The summed E-state index contributed by atoms with van der Waals surface area (Å²) in [4.78, 5) is 26.5. The zero-order valence-corrected chi connectivity index (χ0v) is 15.1. The number of amides is 1. The molecule has 1 aliphatic heterocycles. The van der Waals surface area contributed by atoms with Crippen LogP contribution in [-0.4, -0.2) is 51.1 Å². The molecule has 2 aromatic heterocycles. The number of pyridine rings is 1. The molecule has 7 heteroatoms. The van der Waals surface area contributed by atoms with Crippen molar-refractivity contribution in [2.24, 2.45) is 11.8 Å². The van der Waals surface area contributed by atoms with Gasteiger partial charge in [-0.25, -0.2) is 0 Å². The van der Waals surface area contributed by atoms with Crippen LogP contribution in [0.5, 0.6) is 0 Å². The summed E-state index contributed by atoms with van der Waals surface area (Å²) in [6, 6.07) is 3.66. The molecular formula is C19H24N4O3. The molecule has 3 heterocycles. The Morgan fingerprint density at radius 2 is 1.92 bits per heavy atom. The zero-order valence-electron chi connectivity index (χ0n) is 15.1. The van der Waals surface area contributed by atoms with Crippen molar-refractivity contribution >= 4 is 17.5 Å². The largest absolute Gasteiger partial charge is 0.466 e. The third-order valence-electron chi connectivity index (χ3n) is 5.29. The molecule has 1 saturated carbocycles. The summed E-state index contributed by atoms with van der Waals surface area (Å²) in [5.41, 5.74) is 1.42. The quantitative estimate of drug-likeness (QED) is 0.767. The van der Waals surface area contributed by atoms with E-state index >= 15 is 0 Å². The van der Waals surface area contributed by atoms with Gasteiger partial charge in [0.2, 0.25) is 0 Å². The highest BCUT2D eigenvalue weighted by Crippen LogP contribution is 2.32. The highest BCUT2D eigenvalue weighted by molar-refractivity contribution is 5.94. The van der Waals surface area contributed by atoms with Crippen LogP contribution in [0.1, 0.15) is 48.8 Å². The van der Waals surface area contributed by atoms with Crippen molar-refractivity contribution in [1.82, 2.24) is 19.5 Å². The number of aromatic nitrogens is 3. The van der Waals surface area contributed by atoms with Gasteiger partial charge in [0, 0.05) is 25.7 Å². The van der Waals surface area contributed by atoms with Gasteiger partial charge < -0.3 is 9.64 Å². The number of piperidine rings is 1. The molecule has 0 atom stereocenters. The molecular weight excluding hydrogens is 332 g/mol. The summed E-state index contributed by atoms with van der Waals surface area (Å²) in [5.74, 6) is 1.40. The summed E-state index contributed by atoms with van der Waals surface area (Å²) in [7, 11) is 0. The lowest BCUT2D eigenvalue weighted by Gasteiger charge is -2.30. The van der Waals surface area contributed by atoms with E-state index in [0.29, 0.717) is 44.0 Å². The number of hydrogen-bond acceptors (Lipinski definition) is 5. The summed E-state index contributed by atoms with van der Waals surface area (Å²) >= 11 is 0. The molecule has 1 saturated heterocycles. The Balaban J connectivity index is 1.45. The molecule has 2 fully saturated rings. The summed E-state index contributed by atoms with van der Waals surface area (Å²) < 4.78 is 7.03. The second-order valence-corrected chi connectivity index (χ2v) is 7.23. The molecule has 0 aromatic carbocycles. The van der Waals surface area contributed by atoms with E-state index in [1.54, 1.807) is 0 Å². The van der Waals surface area contributed by atoms with Crippen molar-refractivity contribution in [3.05, 3.63) is 29.7 Å². The van der Waals surface area contributed by atoms with Crippen LogP contribution in [0.2, 0.25) is 0 Å². The summed E-state index contributed by atoms with van der Waals surface area (Å²) in [5, 5.41) is 8.47. The Morgan fingerprint density at radius 3 is 2.62 bits per heavy atom. The van der Waals surface area contributed by atoms with E-state index in [4.69, 9.17) is 4.74 Å². The van der Waals surface area contributed by atoms with Crippen LogP contribution in [0.25, 0.3) is 5.65 Å². The first-order valence-electron chi connectivity index (χ1n) is 9.45. The van der Waals surface area contributed by atoms with Gasteiger partial charge >= 0.3 is 5.97 Å². The fraction of sp³-hybridized carbons (Fsp3) is 0.579. The van der Waals surface area contributed by atoms with Crippen molar-refractivity contribution in [1.29, 1.82) is 0 Å². The van der Waals surface area contributed by atoms with E-state index in [1.165, 1.54) is 12.8 Å². The van der Waals surface area contributed by atoms with Crippen LogP contribution in [0.15, 0.2) is 18.3 Å². The maximum atomic E-state index is 12.9. The van der Waals surface area contributed by atoms with Crippen LogP contribution in [0.3, 0.4) is 0 Å². The van der Waals surface area contributed by atoms with Crippen molar-refractivity contribution in [2.75, 3.05) is 19.7 Å². The van der Waals surface area contributed by atoms with Crippen LogP contribution in [0.4, 0.5) is 0 Å². The molecule has 26 heavy (non-hydrogen) atoms. The van der Waals surface area contributed by atoms with Crippen LogP contribution in [0, 0.1) is 11.8 Å². The topological polar surface area (TPSA) is 76.8 Å². The highest BCUT2D eigenvalue weighted by atomic mass is 16.5. The van der Waals surface area contributed by atoms with Crippen LogP contribution >= 0.6 is 0 Å². The third-order valence-corrected chi connectivity index (χ3v) is 5.29.